The molecule has 33 heavy (non-hydrogen) atoms. The number of carbonyl (C=O) groups is 2. The van der Waals surface area contributed by atoms with Crippen LogP contribution in [0.2, 0.25) is 5.02 Å². The molecule has 3 aromatic rings. The third-order valence-corrected chi connectivity index (χ3v) is 9.25. The van der Waals surface area contributed by atoms with Crippen LogP contribution in [0.1, 0.15) is 12.0 Å². The number of hydrogen-bond donors (Lipinski definition) is 0. The molecule has 1 saturated carbocycles. The zero-order valence-electron chi connectivity index (χ0n) is 17.0. The molecule has 2 aromatic carbocycles. The fraction of sp³-hybridized carbons (Fsp3) is 0.261. The van der Waals surface area contributed by atoms with Gasteiger partial charge in [0.25, 0.3) is 5.69 Å². The lowest BCUT2D eigenvalue weighted by Gasteiger charge is -2.17. The van der Waals surface area contributed by atoms with Gasteiger partial charge in [0.15, 0.2) is 4.34 Å². The highest BCUT2D eigenvalue weighted by atomic mass is 35.5. The number of carbonyl (C=O) groups excluding carboxylic acids is 2. The molecule has 1 aliphatic heterocycles. The van der Waals surface area contributed by atoms with Crippen molar-refractivity contribution in [1.29, 1.82) is 0 Å². The van der Waals surface area contributed by atoms with Gasteiger partial charge in [-0.3, -0.25) is 19.7 Å². The van der Waals surface area contributed by atoms with Crippen LogP contribution in [0.25, 0.3) is 10.2 Å². The van der Waals surface area contributed by atoms with E-state index in [1.807, 2.05) is 12.1 Å². The number of allylic oxidation sites excluding steroid dienone is 2. The van der Waals surface area contributed by atoms with E-state index in [1.165, 1.54) is 34.1 Å². The van der Waals surface area contributed by atoms with Crippen LogP contribution < -0.4 is 4.90 Å². The predicted molar refractivity (Wildman–Crippen MR) is 127 cm³/mol. The van der Waals surface area contributed by atoms with E-state index in [1.54, 1.807) is 18.2 Å². The second-order valence-corrected chi connectivity index (χ2v) is 11.1. The Kier molecular flexibility index (Phi) is 4.83. The van der Waals surface area contributed by atoms with Crippen LogP contribution in [0.4, 0.5) is 11.4 Å². The van der Waals surface area contributed by atoms with Gasteiger partial charge in [-0.05, 0) is 42.5 Å². The molecule has 0 radical (unpaired) electrons. The minimum Gasteiger partial charge on any atom is -0.274 e. The lowest BCUT2D eigenvalue weighted by molar-refractivity contribution is -0.385. The Bertz CT molecular complexity index is 1360. The molecule has 0 spiro atoms. The van der Waals surface area contributed by atoms with Crippen molar-refractivity contribution in [2.45, 2.75) is 16.5 Å². The number of rotatable bonds is 5. The maximum Gasteiger partial charge on any atom is 0.274 e. The first kappa shape index (κ1) is 20.8. The third-order valence-electron chi connectivity index (χ3n) is 6.71. The lowest BCUT2D eigenvalue weighted by Crippen LogP contribution is -2.32. The monoisotopic (exact) mass is 497 g/mol. The zero-order valence-corrected chi connectivity index (χ0v) is 19.4. The number of nitrogens with zero attached hydrogens (tertiary/aromatic N) is 3. The van der Waals surface area contributed by atoms with Crippen molar-refractivity contribution in [3.05, 3.63) is 69.3 Å². The maximum atomic E-state index is 13.1. The summed E-state index contributed by atoms with van der Waals surface area (Å²) >= 11 is 8.99. The van der Waals surface area contributed by atoms with Gasteiger partial charge in [-0.25, -0.2) is 9.88 Å². The highest BCUT2D eigenvalue weighted by Crippen LogP contribution is 2.53. The number of anilines is 1. The van der Waals surface area contributed by atoms with Crippen LogP contribution in [-0.2, 0) is 15.3 Å². The Morgan fingerprint density at radius 1 is 1.15 bits per heavy atom. The highest BCUT2D eigenvalue weighted by Gasteiger charge is 2.59. The van der Waals surface area contributed by atoms with Gasteiger partial charge in [-0.15, -0.1) is 11.3 Å². The Labute approximate surface area is 201 Å². The minimum absolute atomic E-state index is 0.0153. The molecule has 3 aliphatic rings. The maximum absolute atomic E-state index is 13.1. The Morgan fingerprint density at radius 2 is 1.88 bits per heavy atom. The molecule has 0 N–H and O–H groups in total. The molecule has 10 heteroatoms. The van der Waals surface area contributed by atoms with Crippen molar-refractivity contribution in [3.8, 4) is 0 Å². The molecule has 0 unspecified atom stereocenters. The average Bonchev–Trinajstić information content (AvgIpc) is 3.55. The van der Waals surface area contributed by atoms with Gasteiger partial charge in [0, 0.05) is 11.8 Å². The van der Waals surface area contributed by atoms with Gasteiger partial charge in [-0.2, -0.15) is 0 Å². The van der Waals surface area contributed by atoms with E-state index in [9.17, 15) is 19.7 Å². The number of hydrogen-bond acceptors (Lipinski definition) is 7. The van der Waals surface area contributed by atoms with Crippen LogP contribution in [-0.4, -0.2) is 21.7 Å². The van der Waals surface area contributed by atoms with Crippen molar-refractivity contribution in [2.75, 3.05) is 4.90 Å². The lowest BCUT2D eigenvalue weighted by atomic mass is 9.85. The van der Waals surface area contributed by atoms with E-state index in [0.717, 1.165) is 21.0 Å². The summed E-state index contributed by atoms with van der Waals surface area (Å²) in [6.45, 7) is 0. The number of amides is 2. The smallest absolute Gasteiger partial charge is 0.274 e. The number of thioether (sulfide) groups is 1. The highest BCUT2D eigenvalue weighted by molar-refractivity contribution is 8.00. The molecular weight excluding hydrogens is 482 g/mol. The van der Waals surface area contributed by atoms with E-state index in [4.69, 9.17) is 11.6 Å². The van der Waals surface area contributed by atoms with Gasteiger partial charge in [0.1, 0.15) is 0 Å². The molecule has 1 saturated heterocycles. The van der Waals surface area contributed by atoms with Crippen LogP contribution in [0.3, 0.4) is 0 Å². The standard InChI is InChI=1S/C23H16ClN3O4S2/c24-15-2-1-3-17(27(30)31)14(15)10-32-23-25-16-7-6-13(9-18(16)33-23)26-21(28)19-11-4-5-12(8-11)20(19)22(26)29/h1-7,9,11-12,19-20H,8,10H2/t11-,12-,19+,20+/m0/s1. The number of fused-ring (bicyclic) bond motifs is 6. The molecular formula is C23H16ClN3O4S2. The molecule has 2 amide bonds. The zero-order chi connectivity index (χ0) is 22.9. The number of thiazole rings is 1. The summed E-state index contributed by atoms with van der Waals surface area (Å²) in [5.41, 5.74) is 1.77. The molecule has 2 aliphatic carbocycles. The summed E-state index contributed by atoms with van der Waals surface area (Å²) in [6.07, 6.45) is 5.07. The van der Waals surface area contributed by atoms with E-state index in [-0.39, 0.29) is 41.2 Å². The number of imide groups is 1. The number of benzene rings is 2. The SMILES string of the molecule is O=C1[C@H]2[C@H](C(=O)N1c1ccc3nc(SCc4c(Cl)cccc4[N+](=O)[O-])sc3c1)[C@H]1C=C[C@H]2C1. The van der Waals surface area contributed by atoms with E-state index < -0.39 is 4.92 Å². The first-order chi connectivity index (χ1) is 15.9. The molecule has 6 rings (SSSR count). The number of aromatic nitrogens is 1. The Balaban J connectivity index is 1.26. The van der Waals surface area contributed by atoms with E-state index >= 15 is 0 Å². The van der Waals surface area contributed by atoms with Gasteiger partial charge in [-0.1, -0.05) is 41.6 Å². The Morgan fingerprint density at radius 3 is 2.58 bits per heavy atom. The molecule has 2 heterocycles. The molecule has 2 bridgehead atoms. The molecule has 1 aromatic heterocycles. The summed E-state index contributed by atoms with van der Waals surface area (Å²) < 4.78 is 1.58. The first-order valence-corrected chi connectivity index (χ1v) is 12.6. The normalized spacial score (nSPS) is 25.4. The summed E-state index contributed by atoms with van der Waals surface area (Å²) in [4.78, 5) is 43.0. The van der Waals surface area contributed by atoms with E-state index in [2.05, 4.69) is 17.1 Å². The summed E-state index contributed by atoms with van der Waals surface area (Å²) in [6, 6.07) is 10.0. The van der Waals surface area contributed by atoms with Crippen LogP contribution in [0.15, 0.2) is 52.9 Å². The number of nitro groups is 1. The van der Waals surface area contributed by atoms with Gasteiger partial charge in [0.2, 0.25) is 11.8 Å². The molecule has 4 atom stereocenters. The average molecular weight is 498 g/mol. The first-order valence-electron chi connectivity index (χ1n) is 10.4. The van der Waals surface area contributed by atoms with Gasteiger partial charge < -0.3 is 0 Å². The number of halogens is 1. The second-order valence-electron chi connectivity index (χ2n) is 8.43. The Hall–Kier alpha value is -2.75. The molecule has 166 valence electrons. The summed E-state index contributed by atoms with van der Waals surface area (Å²) in [5, 5.41) is 11.7. The van der Waals surface area contributed by atoms with Crippen LogP contribution in [0, 0.1) is 33.8 Å². The molecule has 2 fully saturated rings. The van der Waals surface area contributed by atoms with Crippen molar-refractivity contribution < 1.29 is 14.5 Å². The second kappa shape index (κ2) is 7.65. The van der Waals surface area contributed by atoms with Crippen molar-refractivity contribution in [2.24, 2.45) is 23.7 Å². The topological polar surface area (TPSA) is 93.4 Å². The largest absolute Gasteiger partial charge is 0.274 e. The fourth-order valence-electron chi connectivity index (χ4n) is 5.24. The fourth-order valence-corrected chi connectivity index (χ4v) is 7.71. The quantitative estimate of drug-likeness (QED) is 0.153. The van der Waals surface area contributed by atoms with Crippen molar-refractivity contribution >= 4 is 68.1 Å². The number of nitro benzene ring substituents is 1. The summed E-state index contributed by atoms with van der Waals surface area (Å²) in [7, 11) is 0. The molecule has 7 nitrogen and oxygen atoms in total. The van der Waals surface area contributed by atoms with Gasteiger partial charge >= 0.3 is 0 Å². The van der Waals surface area contributed by atoms with Crippen molar-refractivity contribution in [3.63, 3.8) is 0 Å². The minimum atomic E-state index is -0.437. The van der Waals surface area contributed by atoms with Gasteiger partial charge in [0.05, 0.1) is 43.2 Å². The third kappa shape index (κ3) is 3.21. The van der Waals surface area contributed by atoms with Crippen LogP contribution in [0.5, 0.6) is 0 Å². The van der Waals surface area contributed by atoms with Crippen molar-refractivity contribution in [1.82, 2.24) is 4.98 Å². The van der Waals surface area contributed by atoms with Crippen LogP contribution >= 0.6 is 34.7 Å². The predicted octanol–water partition coefficient (Wildman–Crippen LogP) is 5.46. The summed E-state index contributed by atoms with van der Waals surface area (Å²) in [5.74, 6) is -0.0248. The van der Waals surface area contributed by atoms with E-state index in [0.29, 0.717) is 22.0 Å².